The van der Waals surface area contributed by atoms with Gasteiger partial charge in [0.15, 0.2) is 0 Å². The van der Waals surface area contributed by atoms with E-state index in [0.29, 0.717) is 12.1 Å². The Hall–Kier alpha value is -2.62. The lowest BCUT2D eigenvalue weighted by Crippen LogP contribution is -2.24. The van der Waals surface area contributed by atoms with Crippen LogP contribution in [0.25, 0.3) is 11.0 Å². The van der Waals surface area contributed by atoms with Crippen LogP contribution in [0.3, 0.4) is 0 Å². The van der Waals surface area contributed by atoms with Gasteiger partial charge in [0.2, 0.25) is 5.91 Å². The van der Waals surface area contributed by atoms with Gasteiger partial charge in [-0.2, -0.15) is 0 Å². The monoisotopic (exact) mass is 325 g/mol. The van der Waals surface area contributed by atoms with Gasteiger partial charge < -0.3 is 9.73 Å². The first-order chi connectivity index (χ1) is 11.5. The minimum Gasteiger partial charge on any atom is -0.464 e. The molecular weight excluding hydrogens is 305 g/mol. The van der Waals surface area contributed by atoms with Gasteiger partial charge in [-0.3, -0.25) is 4.79 Å². The number of hydrogen-bond acceptors (Lipinski definition) is 2. The van der Waals surface area contributed by atoms with Crippen molar-refractivity contribution >= 4 is 16.9 Å². The Morgan fingerprint density at radius 2 is 1.92 bits per heavy atom. The Morgan fingerprint density at radius 1 is 1.12 bits per heavy atom. The molecule has 0 unspecified atom stereocenters. The number of halogens is 1. The summed E-state index contributed by atoms with van der Waals surface area (Å²) in [5.41, 5.74) is 5.44. The molecule has 124 valence electrons. The van der Waals surface area contributed by atoms with E-state index in [9.17, 15) is 9.18 Å². The molecule has 3 aromatic rings. The van der Waals surface area contributed by atoms with Crippen LogP contribution in [0.15, 0.2) is 41.0 Å². The lowest BCUT2D eigenvalue weighted by Gasteiger charge is -2.06. The highest BCUT2D eigenvalue weighted by Crippen LogP contribution is 2.26. The average Bonchev–Trinajstić information content (AvgIpc) is 2.95. The molecule has 4 heteroatoms. The van der Waals surface area contributed by atoms with E-state index in [4.69, 9.17) is 4.42 Å². The lowest BCUT2D eigenvalue weighted by atomic mass is 10.0. The summed E-state index contributed by atoms with van der Waals surface area (Å²) in [6, 6.07) is 8.88. The first kappa shape index (κ1) is 16.2. The Bertz CT molecular complexity index is 911. The van der Waals surface area contributed by atoms with Crippen molar-refractivity contribution in [2.24, 2.45) is 0 Å². The largest absolute Gasteiger partial charge is 0.464 e. The van der Waals surface area contributed by atoms with Gasteiger partial charge >= 0.3 is 0 Å². The predicted molar refractivity (Wildman–Crippen MR) is 92.4 cm³/mol. The SMILES string of the molecule is Cc1cc(CNC(=O)Cc2coc3c(C)c(C)ccc23)ccc1F. The maximum atomic E-state index is 13.3. The summed E-state index contributed by atoms with van der Waals surface area (Å²) in [4.78, 5) is 12.2. The van der Waals surface area contributed by atoms with Gasteiger partial charge in [0.25, 0.3) is 0 Å². The van der Waals surface area contributed by atoms with Crippen molar-refractivity contribution < 1.29 is 13.6 Å². The molecular formula is C20H20FNO2. The standard InChI is InChI=1S/C20H20FNO2/c1-12-4-6-17-16(11-24-20(17)14(12)3)9-19(23)22-10-15-5-7-18(21)13(2)8-15/h4-8,11H,9-10H2,1-3H3,(H,22,23). The Morgan fingerprint density at radius 3 is 2.67 bits per heavy atom. The van der Waals surface area contributed by atoms with Crippen LogP contribution < -0.4 is 5.32 Å². The number of nitrogens with one attached hydrogen (secondary N) is 1. The van der Waals surface area contributed by atoms with E-state index in [-0.39, 0.29) is 18.1 Å². The fourth-order valence-electron chi connectivity index (χ4n) is 2.78. The molecule has 1 heterocycles. The van der Waals surface area contributed by atoms with Crippen LogP contribution in [0.5, 0.6) is 0 Å². The van der Waals surface area contributed by atoms with Crippen LogP contribution in [0.2, 0.25) is 0 Å². The van der Waals surface area contributed by atoms with Gasteiger partial charge in [0, 0.05) is 17.5 Å². The summed E-state index contributed by atoms with van der Waals surface area (Å²) in [6.07, 6.45) is 1.91. The molecule has 0 saturated carbocycles. The molecule has 0 aliphatic carbocycles. The second kappa shape index (κ2) is 6.48. The zero-order valence-electron chi connectivity index (χ0n) is 14.1. The van der Waals surface area contributed by atoms with Crippen LogP contribution in [0, 0.1) is 26.6 Å². The highest BCUT2D eigenvalue weighted by molar-refractivity contribution is 5.89. The van der Waals surface area contributed by atoms with E-state index in [0.717, 1.165) is 27.7 Å². The number of carbonyl (C=O) groups is 1. The van der Waals surface area contributed by atoms with E-state index in [1.165, 1.54) is 11.6 Å². The molecule has 0 aliphatic heterocycles. The zero-order valence-corrected chi connectivity index (χ0v) is 14.1. The average molecular weight is 325 g/mol. The van der Waals surface area contributed by atoms with Crippen LogP contribution in [-0.4, -0.2) is 5.91 Å². The molecule has 0 atom stereocenters. The van der Waals surface area contributed by atoms with Crippen LogP contribution in [0.1, 0.15) is 27.8 Å². The maximum Gasteiger partial charge on any atom is 0.224 e. The van der Waals surface area contributed by atoms with Crippen molar-refractivity contribution in [3.63, 3.8) is 0 Å². The smallest absolute Gasteiger partial charge is 0.224 e. The van der Waals surface area contributed by atoms with Crippen molar-refractivity contribution in [1.82, 2.24) is 5.32 Å². The summed E-state index contributed by atoms with van der Waals surface area (Å²) >= 11 is 0. The molecule has 3 nitrogen and oxygen atoms in total. The second-order valence-electron chi connectivity index (χ2n) is 6.18. The molecule has 0 saturated heterocycles. The number of carbonyl (C=O) groups excluding carboxylic acids is 1. The number of rotatable bonds is 4. The maximum absolute atomic E-state index is 13.3. The number of aryl methyl sites for hydroxylation is 3. The summed E-state index contributed by atoms with van der Waals surface area (Å²) < 4.78 is 18.9. The molecule has 1 amide bonds. The van der Waals surface area contributed by atoms with Crippen molar-refractivity contribution in [3.8, 4) is 0 Å². The normalized spacial score (nSPS) is 11.0. The third-order valence-electron chi connectivity index (χ3n) is 4.40. The molecule has 0 fully saturated rings. The summed E-state index contributed by atoms with van der Waals surface area (Å²) in [7, 11) is 0. The molecule has 0 spiro atoms. The first-order valence-electron chi connectivity index (χ1n) is 7.93. The van der Waals surface area contributed by atoms with Gasteiger partial charge in [-0.15, -0.1) is 0 Å². The predicted octanol–water partition coefficient (Wildman–Crippen LogP) is 4.36. The first-order valence-corrected chi connectivity index (χ1v) is 7.93. The van der Waals surface area contributed by atoms with Gasteiger partial charge in [-0.05, 0) is 49.1 Å². The van der Waals surface area contributed by atoms with Crippen molar-refractivity contribution in [1.29, 1.82) is 0 Å². The van der Waals surface area contributed by atoms with Crippen molar-refractivity contribution in [3.05, 3.63) is 70.2 Å². The van der Waals surface area contributed by atoms with Crippen LogP contribution >= 0.6 is 0 Å². The van der Waals surface area contributed by atoms with E-state index in [1.54, 1.807) is 25.3 Å². The summed E-state index contributed by atoms with van der Waals surface area (Å²) in [5.74, 6) is -0.321. The van der Waals surface area contributed by atoms with E-state index < -0.39 is 0 Å². The number of furan rings is 1. The molecule has 3 rings (SSSR count). The third-order valence-corrected chi connectivity index (χ3v) is 4.40. The highest BCUT2D eigenvalue weighted by atomic mass is 19.1. The van der Waals surface area contributed by atoms with Gasteiger partial charge in [0.05, 0.1) is 12.7 Å². The summed E-state index contributed by atoms with van der Waals surface area (Å²) in [5, 5.41) is 3.85. The number of hydrogen-bond donors (Lipinski definition) is 1. The van der Waals surface area contributed by atoms with E-state index >= 15 is 0 Å². The fraction of sp³-hybridized carbons (Fsp3) is 0.250. The Labute approximate surface area is 140 Å². The van der Waals surface area contributed by atoms with E-state index in [2.05, 4.69) is 5.32 Å². The Kier molecular flexibility index (Phi) is 4.38. The zero-order chi connectivity index (χ0) is 17.3. The number of benzene rings is 2. The molecule has 0 aliphatic rings. The van der Waals surface area contributed by atoms with Crippen LogP contribution in [-0.2, 0) is 17.8 Å². The quantitative estimate of drug-likeness (QED) is 0.774. The van der Waals surface area contributed by atoms with Crippen LogP contribution in [0.4, 0.5) is 4.39 Å². The third kappa shape index (κ3) is 3.18. The molecule has 0 bridgehead atoms. The highest BCUT2D eigenvalue weighted by Gasteiger charge is 2.12. The summed E-state index contributed by atoms with van der Waals surface area (Å²) in [6.45, 7) is 6.15. The van der Waals surface area contributed by atoms with Crippen molar-refractivity contribution in [2.45, 2.75) is 33.7 Å². The topological polar surface area (TPSA) is 42.2 Å². The van der Waals surface area contributed by atoms with Crippen molar-refractivity contribution in [2.75, 3.05) is 0 Å². The molecule has 1 aromatic heterocycles. The minimum absolute atomic E-state index is 0.0853. The molecule has 0 radical (unpaired) electrons. The number of amides is 1. The molecule has 1 N–H and O–H groups in total. The Balaban J connectivity index is 1.69. The van der Waals surface area contributed by atoms with Gasteiger partial charge in [-0.1, -0.05) is 24.3 Å². The number of fused-ring (bicyclic) bond motifs is 1. The molecule has 24 heavy (non-hydrogen) atoms. The van der Waals surface area contributed by atoms with E-state index in [1.807, 2.05) is 26.0 Å². The van der Waals surface area contributed by atoms with Gasteiger partial charge in [-0.25, -0.2) is 4.39 Å². The second-order valence-corrected chi connectivity index (χ2v) is 6.18. The van der Waals surface area contributed by atoms with Gasteiger partial charge in [0.1, 0.15) is 11.4 Å². The molecule has 2 aromatic carbocycles. The fourth-order valence-corrected chi connectivity index (χ4v) is 2.78. The lowest BCUT2D eigenvalue weighted by molar-refractivity contribution is -0.120. The minimum atomic E-state index is -0.236.